The van der Waals surface area contributed by atoms with Crippen molar-refractivity contribution in [3.05, 3.63) is 83.0 Å². The predicted octanol–water partition coefficient (Wildman–Crippen LogP) is 2.81. The van der Waals surface area contributed by atoms with Crippen LogP contribution in [0.5, 0.6) is 0 Å². The fourth-order valence-corrected chi connectivity index (χ4v) is 7.09. The molecule has 2 aromatic heterocycles. The summed E-state index contributed by atoms with van der Waals surface area (Å²) in [6.45, 7) is 7.96. The summed E-state index contributed by atoms with van der Waals surface area (Å²) in [5.41, 5.74) is 16.1. The molecule has 1 saturated heterocycles. The van der Waals surface area contributed by atoms with Gasteiger partial charge in [0.05, 0.1) is 47.2 Å². The molecule has 3 fully saturated rings. The van der Waals surface area contributed by atoms with Crippen LogP contribution in [0.2, 0.25) is 0 Å². The topological polar surface area (TPSA) is 200 Å². The summed E-state index contributed by atoms with van der Waals surface area (Å²) in [6, 6.07) is 11.0. The number of nitrogens with one attached hydrogen (secondary N) is 3. The molecule has 1 aromatic carbocycles. The summed E-state index contributed by atoms with van der Waals surface area (Å²) in [5, 5.41) is 25.4. The SMILES string of the molecule is CC.[B]C(O)(c1cccc(C(=O)N(C)CC)n1)N1CCC(n2ncc3c2CN(C)c2c(NC(/C=C(\N)NC(=O)C4CC4)=C(/N)C(=O)NC4CC4)cccc2-3)CC1. The molecular weight excluding hydrogens is 709 g/mol. The summed E-state index contributed by atoms with van der Waals surface area (Å²) in [6.07, 6.45) is 8.23. The maximum Gasteiger partial charge on any atom is 0.272 e. The van der Waals surface area contributed by atoms with Gasteiger partial charge in [0, 0.05) is 62.9 Å². The van der Waals surface area contributed by atoms with Gasteiger partial charge in [-0.25, -0.2) is 4.98 Å². The molecule has 2 saturated carbocycles. The van der Waals surface area contributed by atoms with Gasteiger partial charge in [-0.05, 0) is 63.6 Å². The average Bonchev–Trinajstić information content (AvgIpc) is 4.16. The lowest BCUT2D eigenvalue weighted by molar-refractivity contribution is -0.121. The average molecular weight is 764 g/mol. The van der Waals surface area contributed by atoms with Crippen LogP contribution in [0, 0.1) is 5.92 Å². The first-order chi connectivity index (χ1) is 26.8. The molecule has 15 nitrogen and oxygen atoms in total. The Balaban J connectivity index is 0.00000262. The second-order valence-electron chi connectivity index (χ2n) is 14.7. The van der Waals surface area contributed by atoms with Gasteiger partial charge in [0.25, 0.3) is 11.8 Å². The van der Waals surface area contributed by atoms with Crippen LogP contribution in [-0.4, -0.2) is 95.0 Å². The van der Waals surface area contributed by atoms with Crippen LogP contribution < -0.4 is 32.3 Å². The second kappa shape index (κ2) is 16.8. The number of carbonyl (C=O) groups excluding carboxylic acids is 3. The minimum Gasteiger partial charge on any atom is -0.393 e. The molecule has 8 N–H and O–H groups in total. The van der Waals surface area contributed by atoms with Crippen LogP contribution in [0.25, 0.3) is 11.1 Å². The van der Waals surface area contributed by atoms with Crippen LogP contribution in [0.4, 0.5) is 11.4 Å². The van der Waals surface area contributed by atoms with Crippen LogP contribution in [0.15, 0.2) is 65.9 Å². The number of aromatic nitrogens is 3. The molecule has 2 aliphatic carbocycles. The highest BCUT2D eigenvalue weighted by molar-refractivity contribution is 6.14. The number of anilines is 2. The van der Waals surface area contributed by atoms with Gasteiger partial charge < -0.3 is 42.3 Å². The van der Waals surface area contributed by atoms with Gasteiger partial charge in [-0.3, -0.25) is 24.0 Å². The summed E-state index contributed by atoms with van der Waals surface area (Å²) in [7, 11) is 10.2. The fraction of sp³-hybridized carbons (Fsp3) is 0.475. The third-order valence-corrected chi connectivity index (χ3v) is 10.7. The number of nitrogens with two attached hydrogens (primary N) is 2. The number of hydrogen-bond donors (Lipinski definition) is 6. The Kier molecular flexibility index (Phi) is 12.1. The molecule has 296 valence electrons. The molecular formula is C40H54BN11O4. The second-order valence-corrected chi connectivity index (χ2v) is 14.7. The lowest BCUT2D eigenvalue weighted by Gasteiger charge is -2.42. The highest BCUT2D eigenvalue weighted by atomic mass is 16.3. The van der Waals surface area contributed by atoms with E-state index in [-0.39, 0.29) is 58.4 Å². The Morgan fingerprint density at radius 3 is 2.39 bits per heavy atom. The number of rotatable bonds is 12. The van der Waals surface area contributed by atoms with E-state index in [2.05, 4.69) is 30.5 Å². The minimum absolute atomic E-state index is 0.0353. The molecule has 1 unspecified atom stereocenters. The number of nitrogens with zero attached hydrogens (tertiary/aromatic N) is 6. The maximum absolute atomic E-state index is 13.1. The van der Waals surface area contributed by atoms with Gasteiger partial charge in [0.15, 0.2) is 0 Å². The number of allylic oxidation sites excluding steroid dienone is 1. The highest BCUT2D eigenvalue weighted by Gasteiger charge is 2.37. The van der Waals surface area contributed by atoms with Crippen molar-refractivity contribution < 1.29 is 19.5 Å². The predicted molar refractivity (Wildman–Crippen MR) is 217 cm³/mol. The molecule has 16 heteroatoms. The van der Waals surface area contributed by atoms with Crippen LogP contribution in [-0.2, 0) is 21.8 Å². The highest BCUT2D eigenvalue weighted by Crippen LogP contribution is 2.44. The van der Waals surface area contributed by atoms with E-state index in [0.717, 1.165) is 48.2 Å². The van der Waals surface area contributed by atoms with Crippen molar-refractivity contribution in [1.82, 2.24) is 35.2 Å². The van der Waals surface area contributed by atoms with Crippen LogP contribution >= 0.6 is 0 Å². The van der Waals surface area contributed by atoms with E-state index in [0.29, 0.717) is 44.7 Å². The number of hydrogen-bond acceptors (Lipinski definition) is 11. The molecule has 4 aliphatic rings. The Hall–Kier alpha value is -5.35. The molecule has 2 radical (unpaired) electrons. The Labute approximate surface area is 330 Å². The van der Waals surface area contributed by atoms with Crippen molar-refractivity contribution in [1.29, 1.82) is 0 Å². The summed E-state index contributed by atoms with van der Waals surface area (Å²) in [5.74, 6) is -0.736. The number of carbonyl (C=O) groups is 3. The first-order valence-corrected chi connectivity index (χ1v) is 19.6. The van der Waals surface area contributed by atoms with Crippen molar-refractivity contribution in [3.63, 3.8) is 0 Å². The molecule has 0 spiro atoms. The van der Waals surface area contributed by atoms with Crippen molar-refractivity contribution in [2.24, 2.45) is 17.4 Å². The van der Waals surface area contributed by atoms with Gasteiger partial charge in [-0.15, -0.1) is 0 Å². The number of amides is 3. The zero-order valence-electron chi connectivity index (χ0n) is 33.0. The Morgan fingerprint density at radius 2 is 1.73 bits per heavy atom. The summed E-state index contributed by atoms with van der Waals surface area (Å²) < 4.78 is 2.08. The van der Waals surface area contributed by atoms with Crippen LogP contribution in [0.3, 0.4) is 0 Å². The van der Waals surface area contributed by atoms with E-state index in [1.807, 2.05) is 52.2 Å². The standard InChI is InChI=1S/C38H48BN11O4.C2H6/c1-4-47(2)37(53)28-9-6-10-31(45-28)38(39,54)49-17-15-24(16-18-49)50-30-21-48(3)34-25(26(30)20-42-50)7-5-8-27(34)44-29(33(41)36(52)43-23-13-14-23)19-32(40)46-35(51)22-11-12-22;1-2/h5-10,19-20,22-24,44,54H,4,11-18,21,40-41H2,1-3H3,(H,43,52)(H,46,51);1-2H3/b32-19+,33-29+;. The van der Waals surface area contributed by atoms with Gasteiger partial charge in [-0.1, -0.05) is 32.0 Å². The zero-order valence-corrected chi connectivity index (χ0v) is 33.0. The van der Waals surface area contributed by atoms with E-state index in [4.69, 9.17) is 24.4 Å². The third-order valence-electron chi connectivity index (χ3n) is 10.7. The molecule has 7 rings (SSSR count). The Bertz CT molecular complexity index is 2010. The molecule has 1 atom stereocenters. The minimum atomic E-state index is -1.85. The van der Waals surface area contributed by atoms with Crippen molar-refractivity contribution in [2.75, 3.05) is 43.9 Å². The molecule has 2 aliphatic heterocycles. The largest absolute Gasteiger partial charge is 0.393 e. The first kappa shape index (κ1) is 40.3. The number of para-hydroxylation sites is 1. The number of piperidine rings is 1. The van der Waals surface area contributed by atoms with Gasteiger partial charge in [0.2, 0.25) is 5.91 Å². The van der Waals surface area contributed by atoms with Crippen LogP contribution in [0.1, 0.15) is 87.2 Å². The van der Waals surface area contributed by atoms with E-state index in [1.165, 1.54) is 6.08 Å². The maximum atomic E-state index is 13.1. The van der Waals surface area contributed by atoms with Crippen molar-refractivity contribution >= 4 is 36.9 Å². The molecule has 56 heavy (non-hydrogen) atoms. The van der Waals surface area contributed by atoms with E-state index < -0.39 is 11.5 Å². The normalized spacial score (nSPS) is 18.6. The number of likely N-dealkylation sites (tertiary alicyclic amines) is 1. The molecule has 3 aromatic rings. The molecule has 3 amide bonds. The number of benzene rings is 1. The van der Waals surface area contributed by atoms with E-state index in [9.17, 15) is 19.5 Å². The smallest absolute Gasteiger partial charge is 0.272 e. The quantitative estimate of drug-likeness (QED) is 0.0901. The zero-order chi connectivity index (χ0) is 40.3. The number of aliphatic hydroxyl groups is 1. The van der Waals surface area contributed by atoms with Gasteiger partial charge in [0.1, 0.15) is 30.7 Å². The van der Waals surface area contributed by atoms with E-state index in [1.54, 1.807) is 35.0 Å². The molecule has 4 heterocycles. The molecule has 0 bridgehead atoms. The van der Waals surface area contributed by atoms with E-state index >= 15 is 0 Å². The monoisotopic (exact) mass is 763 g/mol. The lowest BCUT2D eigenvalue weighted by atomic mass is 9.83. The van der Waals surface area contributed by atoms with Crippen molar-refractivity contribution in [3.8, 4) is 11.1 Å². The number of fused-ring (bicyclic) bond motifs is 3. The van der Waals surface area contributed by atoms with Crippen molar-refractivity contribution in [2.45, 2.75) is 83.5 Å². The number of pyridine rings is 1. The third kappa shape index (κ3) is 8.55. The lowest BCUT2D eigenvalue weighted by Crippen LogP contribution is -2.51. The van der Waals surface area contributed by atoms with Gasteiger partial charge in [-0.2, -0.15) is 5.10 Å². The summed E-state index contributed by atoms with van der Waals surface area (Å²) >= 11 is 0. The first-order valence-electron chi connectivity index (χ1n) is 19.6. The Morgan fingerprint density at radius 1 is 1.04 bits per heavy atom. The fourth-order valence-electron chi connectivity index (χ4n) is 7.09. The summed E-state index contributed by atoms with van der Waals surface area (Å²) in [4.78, 5) is 48.2. The van der Waals surface area contributed by atoms with Gasteiger partial charge >= 0.3 is 0 Å².